The van der Waals surface area contributed by atoms with Crippen LogP contribution in [0.1, 0.15) is 26.5 Å². The number of aliphatic carboxylic acids is 1. The van der Waals surface area contributed by atoms with Gasteiger partial charge in [0.2, 0.25) is 17.4 Å². The molecule has 0 saturated carbocycles. The number of alkyl halides is 1. The first kappa shape index (κ1) is 20.6. The van der Waals surface area contributed by atoms with Crippen LogP contribution >= 0.6 is 22.9 Å². The third-order valence-electron chi connectivity index (χ3n) is 2.19. The Kier molecular flexibility index (Phi) is 7.07. The molecule has 1 aromatic rings. The number of amides is 1. The van der Waals surface area contributed by atoms with Crippen LogP contribution in [0.5, 0.6) is 0 Å². The lowest BCUT2D eigenvalue weighted by Crippen LogP contribution is -2.25. The SMILES string of the molecule is C=C(ON=C(C(=O)O)c1csc(NC(=O)CCl)n1)C(=O)OC(C)(C)C. The van der Waals surface area contributed by atoms with E-state index in [9.17, 15) is 19.5 Å². The molecule has 1 rings (SSSR count). The second-order valence-electron chi connectivity index (χ2n) is 5.48. The van der Waals surface area contributed by atoms with Crippen LogP contribution in [0, 0.1) is 0 Å². The zero-order valence-corrected chi connectivity index (χ0v) is 15.2. The van der Waals surface area contributed by atoms with Gasteiger partial charge < -0.3 is 20.0 Å². The van der Waals surface area contributed by atoms with Crippen LogP contribution in [0.2, 0.25) is 0 Å². The number of anilines is 1. The van der Waals surface area contributed by atoms with E-state index >= 15 is 0 Å². The zero-order valence-electron chi connectivity index (χ0n) is 13.7. The molecule has 0 fully saturated rings. The van der Waals surface area contributed by atoms with E-state index in [1.165, 1.54) is 5.38 Å². The maximum Gasteiger partial charge on any atom is 0.376 e. The number of nitrogens with zero attached hydrogens (tertiary/aromatic N) is 2. The first-order chi connectivity index (χ1) is 11.5. The molecule has 1 aromatic heterocycles. The largest absolute Gasteiger partial charge is 0.476 e. The quantitative estimate of drug-likeness (QED) is 0.182. The van der Waals surface area contributed by atoms with E-state index in [4.69, 9.17) is 21.2 Å². The number of rotatable bonds is 7. The average molecular weight is 390 g/mol. The molecular weight excluding hydrogens is 374 g/mol. The monoisotopic (exact) mass is 389 g/mol. The number of carbonyl (C=O) groups is 3. The fraction of sp³-hybridized carbons (Fsp3) is 0.357. The molecule has 0 atom stereocenters. The van der Waals surface area contributed by atoms with Crippen molar-refractivity contribution in [2.75, 3.05) is 11.2 Å². The van der Waals surface area contributed by atoms with E-state index in [2.05, 4.69) is 22.0 Å². The fourth-order valence-electron chi connectivity index (χ4n) is 1.26. The van der Waals surface area contributed by atoms with Gasteiger partial charge in [0.25, 0.3) is 0 Å². The molecule has 2 N–H and O–H groups in total. The second kappa shape index (κ2) is 8.58. The second-order valence-corrected chi connectivity index (χ2v) is 6.61. The first-order valence-corrected chi connectivity index (χ1v) is 8.17. The summed E-state index contributed by atoms with van der Waals surface area (Å²) >= 11 is 6.33. The highest BCUT2D eigenvalue weighted by Crippen LogP contribution is 2.17. The van der Waals surface area contributed by atoms with Crippen LogP contribution < -0.4 is 5.32 Å². The molecule has 0 aliphatic rings. The number of hydrogen-bond donors (Lipinski definition) is 2. The Morgan fingerprint density at radius 3 is 2.60 bits per heavy atom. The number of hydrogen-bond acceptors (Lipinski definition) is 8. The van der Waals surface area contributed by atoms with Gasteiger partial charge in [-0.3, -0.25) is 4.79 Å². The van der Waals surface area contributed by atoms with Crippen LogP contribution in [0.4, 0.5) is 5.13 Å². The van der Waals surface area contributed by atoms with E-state index in [0.717, 1.165) is 11.3 Å². The van der Waals surface area contributed by atoms with Crippen molar-refractivity contribution in [3.05, 3.63) is 23.4 Å². The van der Waals surface area contributed by atoms with Gasteiger partial charge in [-0.05, 0) is 27.4 Å². The smallest absolute Gasteiger partial charge is 0.376 e. The number of halogens is 1. The lowest BCUT2D eigenvalue weighted by atomic mass is 10.2. The number of carboxylic acid groups (broad SMARTS) is 1. The van der Waals surface area contributed by atoms with Crippen molar-refractivity contribution in [2.45, 2.75) is 26.4 Å². The minimum atomic E-state index is -1.45. The Hall–Kier alpha value is -2.46. The number of oxime groups is 1. The van der Waals surface area contributed by atoms with Crippen LogP contribution in [0.25, 0.3) is 0 Å². The van der Waals surface area contributed by atoms with E-state index in [0.29, 0.717) is 0 Å². The first-order valence-electron chi connectivity index (χ1n) is 6.75. The van der Waals surface area contributed by atoms with E-state index in [1.54, 1.807) is 20.8 Å². The molecule has 1 amide bonds. The third-order valence-corrected chi connectivity index (χ3v) is 3.19. The maximum absolute atomic E-state index is 11.7. The summed E-state index contributed by atoms with van der Waals surface area (Å²) in [6.45, 7) is 8.28. The van der Waals surface area contributed by atoms with Crippen molar-refractivity contribution in [3.63, 3.8) is 0 Å². The maximum atomic E-state index is 11.7. The van der Waals surface area contributed by atoms with E-state index < -0.39 is 34.9 Å². The van der Waals surface area contributed by atoms with E-state index in [-0.39, 0.29) is 16.7 Å². The van der Waals surface area contributed by atoms with Crippen molar-refractivity contribution in [2.24, 2.45) is 5.16 Å². The van der Waals surface area contributed by atoms with Crippen LogP contribution in [0.3, 0.4) is 0 Å². The average Bonchev–Trinajstić information content (AvgIpc) is 2.93. The zero-order chi connectivity index (χ0) is 19.2. The third kappa shape index (κ3) is 6.89. The predicted octanol–water partition coefficient (Wildman–Crippen LogP) is 1.98. The van der Waals surface area contributed by atoms with Crippen molar-refractivity contribution in [3.8, 4) is 0 Å². The molecule has 0 bridgehead atoms. The molecule has 9 nitrogen and oxygen atoms in total. The molecule has 1 heterocycles. The molecular formula is C14H16ClN3O6S. The summed E-state index contributed by atoms with van der Waals surface area (Å²) in [5.41, 5.74) is -1.42. The lowest BCUT2D eigenvalue weighted by Gasteiger charge is -2.19. The molecule has 0 aliphatic heterocycles. The Bertz CT molecular complexity index is 722. The van der Waals surface area contributed by atoms with Gasteiger partial charge >= 0.3 is 11.9 Å². The Morgan fingerprint density at radius 2 is 2.08 bits per heavy atom. The predicted molar refractivity (Wildman–Crippen MR) is 91.7 cm³/mol. The molecule has 0 radical (unpaired) electrons. The minimum Gasteiger partial charge on any atom is -0.476 e. The summed E-state index contributed by atoms with van der Waals surface area (Å²) in [6, 6.07) is 0. The van der Waals surface area contributed by atoms with Gasteiger partial charge in [0, 0.05) is 5.38 Å². The molecule has 25 heavy (non-hydrogen) atoms. The van der Waals surface area contributed by atoms with Gasteiger partial charge in [-0.1, -0.05) is 5.16 Å². The number of thiazole rings is 1. The summed E-state index contributed by atoms with van der Waals surface area (Å²) in [5.74, 6) is -3.58. The number of nitrogens with one attached hydrogen (secondary N) is 1. The van der Waals surface area contributed by atoms with Gasteiger partial charge in [0.1, 0.15) is 17.2 Å². The summed E-state index contributed by atoms with van der Waals surface area (Å²) in [6.07, 6.45) is 0. The van der Waals surface area contributed by atoms with Crippen molar-refractivity contribution >= 4 is 51.6 Å². The fourth-order valence-corrected chi connectivity index (χ4v) is 2.04. The van der Waals surface area contributed by atoms with Gasteiger partial charge in [-0.15, -0.1) is 22.9 Å². The normalized spacial score (nSPS) is 11.6. The molecule has 0 aliphatic carbocycles. The van der Waals surface area contributed by atoms with Gasteiger partial charge in [-0.25, -0.2) is 14.6 Å². The molecule has 0 aromatic carbocycles. The summed E-state index contributed by atoms with van der Waals surface area (Å²) in [5, 5.41) is 16.4. The van der Waals surface area contributed by atoms with Gasteiger partial charge in [0.05, 0.1) is 0 Å². The molecule has 136 valence electrons. The molecule has 11 heteroatoms. The summed E-state index contributed by atoms with van der Waals surface area (Å²) in [4.78, 5) is 42.8. The summed E-state index contributed by atoms with van der Waals surface area (Å²) < 4.78 is 5.00. The lowest BCUT2D eigenvalue weighted by molar-refractivity contribution is -0.154. The minimum absolute atomic E-state index is 0.0700. The number of aromatic nitrogens is 1. The number of carboxylic acids is 1. The van der Waals surface area contributed by atoms with Crippen molar-refractivity contribution < 1.29 is 29.1 Å². The molecule has 0 unspecified atom stereocenters. The molecule has 0 spiro atoms. The highest BCUT2D eigenvalue weighted by Gasteiger charge is 2.22. The Balaban J connectivity index is 2.88. The topological polar surface area (TPSA) is 127 Å². The highest BCUT2D eigenvalue weighted by atomic mass is 35.5. The Labute approximate surface area is 152 Å². The number of ether oxygens (including phenoxy) is 1. The Morgan fingerprint density at radius 1 is 1.44 bits per heavy atom. The molecule has 0 saturated heterocycles. The summed E-state index contributed by atoms with van der Waals surface area (Å²) in [7, 11) is 0. The van der Waals surface area contributed by atoms with Crippen LogP contribution in [-0.2, 0) is 24.0 Å². The highest BCUT2D eigenvalue weighted by molar-refractivity contribution is 7.14. The van der Waals surface area contributed by atoms with Gasteiger partial charge in [0.15, 0.2) is 5.13 Å². The van der Waals surface area contributed by atoms with Gasteiger partial charge in [-0.2, -0.15) is 0 Å². The standard InChI is InChI=1S/C14H16ClN3O6S/c1-7(12(22)23-14(2,3)4)24-18-10(11(20)21)8-6-25-13(16-8)17-9(19)5-15/h6H,1,5H2,2-4H3,(H,20,21)(H,16,17,19). The van der Waals surface area contributed by atoms with Crippen LogP contribution in [0.15, 0.2) is 22.9 Å². The number of carbonyl (C=O) groups excluding carboxylic acids is 2. The van der Waals surface area contributed by atoms with E-state index in [1.807, 2.05) is 0 Å². The van der Waals surface area contributed by atoms with Crippen molar-refractivity contribution in [1.29, 1.82) is 0 Å². The van der Waals surface area contributed by atoms with Crippen molar-refractivity contribution in [1.82, 2.24) is 4.98 Å². The van der Waals surface area contributed by atoms with Crippen LogP contribution in [-0.4, -0.2) is 45.1 Å². The number of esters is 1.